The van der Waals surface area contributed by atoms with Crippen LogP contribution < -0.4 is 5.32 Å². The van der Waals surface area contributed by atoms with Gasteiger partial charge in [0, 0.05) is 12.6 Å². The van der Waals surface area contributed by atoms with E-state index in [1.807, 2.05) is 0 Å². The standard InChI is InChI=1S/C18H25N3/c1-12(2)21-14(4)18(13(3)20-21)19-11-15-6-5-7-17(10-15)16-8-9-16/h5-7,10,12,16,19H,8-9,11H2,1-4H3. The van der Waals surface area contributed by atoms with Gasteiger partial charge in [-0.05, 0) is 57.6 Å². The van der Waals surface area contributed by atoms with Crippen molar-refractivity contribution in [1.29, 1.82) is 0 Å². The number of hydrogen-bond acceptors (Lipinski definition) is 2. The molecule has 0 unspecified atom stereocenters. The van der Waals surface area contributed by atoms with Crippen LogP contribution in [-0.4, -0.2) is 9.78 Å². The van der Waals surface area contributed by atoms with Crippen molar-refractivity contribution in [2.45, 2.75) is 59.0 Å². The number of benzene rings is 1. The Labute approximate surface area is 127 Å². The fourth-order valence-corrected chi connectivity index (χ4v) is 2.99. The van der Waals surface area contributed by atoms with Gasteiger partial charge in [-0.3, -0.25) is 4.68 Å². The van der Waals surface area contributed by atoms with Gasteiger partial charge < -0.3 is 5.32 Å². The topological polar surface area (TPSA) is 29.9 Å². The van der Waals surface area contributed by atoms with Gasteiger partial charge in [0.1, 0.15) is 0 Å². The predicted octanol–water partition coefficient (Wildman–Crippen LogP) is 4.57. The van der Waals surface area contributed by atoms with Crippen molar-refractivity contribution in [1.82, 2.24) is 9.78 Å². The van der Waals surface area contributed by atoms with E-state index in [2.05, 4.69) is 67.1 Å². The molecule has 0 amide bonds. The van der Waals surface area contributed by atoms with E-state index in [0.29, 0.717) is 6.04 Å². The molecule has 0 saturated heterocycles. The van der Waals surface area contributed by atoms with Crippen LogP contribution in [-0.2, 0) is 6.54 Å². The maximum atomic E-state index is 4.63. The van der Waals surface area contributed by atoms with Gasteiger partial charge in [0.2, 0.25) is 0 Å². The Morgan fingerprint density at radius 3 is 2.67 bits per heavy atom. The van der Waals surface area contributed by atoms with Crippen LogP contribution in [0.2, 0.25) is 0 Å². The third kappa shape index (κ3) is 2.97. The smallest absolute Gasteiger partial charge is 0.0828 e. The minimum atomic E-state index is 0.400. The fourth-order valence-electron chi connectivity index (χ4n) is 2.99. The molecule has 1 saturated carbocycles. The van der Waals surface area contributed by atoms with Crippen LogP contribution in [0.1, 0.15) is 61.2 Å². The summed E-state index contributed by atoms with van der Waals surface area (Å²) in [4.78, 5) is 0. The highest BCUT2D eigenvalue weighted by atomic mass is 15.3. The molecule has 1 aromatic carbocycles. The number of nitrogens with zero attached hydrogens (tertiary/aromatic N) is 2. The lowest BCUT2D eigenvalue weighted by Gasteiger charge is -2.10. The first kappa shape index (κ1) is 14.2. The zero-order chi connectivity index (χ0) is 15.0. The molecule has 1 aromatic heterocycles. The average molecular weight is 283 g/mol. The van der Waals surface area contributed by atoms with Crippen LogP contribution in [0.15, 0.2) is 24.3 Å². The number of aryl methyl sites for hydroxylation is 1. The van der Waals surface area contributed by atoms with Crippen molar-refractivity contribution in [3.8, 4) is 0 Å². The summed E-state index contributed by atoms with van der Waals surface area (Å²) in [6.07, 6.45) is 2.71. The highest BCUT2D eigenvalue weighted by Gasteiger charge is 2.23. The van der Waals surface area contributed by atoms with Gasteiger partial charge in [0.25, 0.3) is 0 Å². The molecular formula is C18H25N3. The molecule has 3 heteroatoms. The number of nitrogens with one attached hydrogen (secondary N) is 1. The van der Waals surface area contributed by atoms with Gasteiger partial charge in [-0.1, -0.05) is 24.3 Å². The lowest BCUT2D eigenvalue weighted by atomic mass is 10.1. The Hall–Kier alpha value is -1.77. The number of aromatic nitrogens is 2. The van der Waals surface area contributed by atoms with E-state index in [0.717, 1.165) is 18.2 Å². The van der Waals surface area contributed by atoms with Crippen molar-refractivity contribution in [2.24, 2.45) is 0 Å². The van der Waals surface area contributed by atoms with E-state index in [9.17, 15) is 0 Å². The average Bonchev–Trinajstić information content (AvgIpc) is 3.25. The third-order valence-electron chi connectivity index (χ3n) is 4.28. The van der Waals surface area contributed by atoms with Crippen molar-refractivity contribution in [3.05, 3.63) is 46.8 Å². The van der Waals surface area contributed by atoms with Gasteiger partial charge >= 0.3 is 0 Å². The molecule has 0 bridgehead atoms. The summed E-state index contributed by atoms with van der Waals surface area (Å²) in [5, 5.41) is 8.21. The monoisotopic (exact) mass is 283 g/mol. The highest BCUT2D eigenvalue weighted by molar-refractivity contribution is 5.52. The number of anilines is 1. The molecule has 3 rings (SSSR count). The summed E-state index contributed by atoms with van der Waals surface area (Å²) in [5.74, 6) is 0.817. The first-order valence-electron chi connectivity index (χ1n) is 7.94. The Kier molecular flexibility index (Phi) is 3.75. The van der Waals surface area contributed by atoms with Crippen molar-refractivity contribution < 1.29 is 0 Å². The summed E-state index contributed by atoms with van der Waals surface area (Å²) in [6.45, 7) is 9.43. The molecule has 1 N–H and O–H groups in total. The van der Waals surface area contributed by atoms with Crippen LogP contribution in [0.5, 0.6) is 0 Å². The minimum Gasteiger partial charge on any atom is -0.378 e. The van der Waals surface area contributed by atoms with Gasteiger partial charge in [-0.15, -0.1) is 0 Å². The van der Waals surface area contributed by atoms with Gasteiger partial charge in [-0.2, -0.15) is 5.10 Å². The lowest BCUT2D eigenvalue weighted by Crippen LogP contribution is -2.06. The van der Waals surface area contributed by atoms with Gasteiger partial charge in [0.15, 0.2) is 0 Å². The zero-order valence-corrected chi connectivity index (χ0v) is 13.5. The molecule has 1 aliphatic rings. The molecule has 1 heterocycles. The van der Waals surface area contributed by atoms with E-state index in [1.54, 1.807) is 0 Å². The summed E-state index contributed by atoms with van der Waals surface area (Å²) >= 11 is 0. The second-order valence-electron chi connectivity index (χ2n) is 6.46. The van der Waals surface area contributed by atoms with Crippen LogP contribution >= 0.6 is 0 Å². The summed E-state index contributed by atoms with van der Waals surface area (Å²) in [5.41, 5.74) is 6.34. The molecule has 0 spiro atoms. The molecule has 3 nitrogen and oxygen atoms in total. The Balaban J connectivity index is 1.74. The molecule has 1 aliphatic carbocycles. The van der Waals surface area contributed by atoms with E-state index < -0.39 is 0 Å². The van der Waals surface area contributed by atoms with Crippen molar-refractivity contribution in [3.63, 3.8) is 0 Å². The van der Waals surface area contributed by atoms with E-state index in [4.69, 9.17) is 0 Å². The molecule has 21 heavy (non-hydrogen) atoms. The molecule has 0 atom stereocenters. The molecule has 2 aromatic rings. The molecule has 0 aliphatic heterocycles. The summed E-state index contributed by atoms with van der Waals surface area (Å²) in [7, 11) is 0. The van der Waals surface area contributed by atoms with E-state index in [1.165, 1.54) is 35.3 Å². The zero-order valence-electron chi connectivity index (χ0n) is 13.5. The highest BCUT2D eigenvalue weighted by Crippen LogP contribution is 2.40. The molecular weight excluding hydrogens is 258 g/mol. The number of rotatable bonds is 5. The predicted molar refractivity (Wildman–Crippen MR) is 87.8 cm³/mol. The molecule has 112 valence electrons. The first-order valence-corrected chi connectivity index (χ1v) is 7.94. The van der Waals surface area contributed by atoms with Crippen LogP contribution in [0, 0.1) is 13.8 Å². The quantitative estimate of drug-likeness (QED) is 0.871. The van der Waals surface area contributed by atoms with Crippen molar-refractivity contribution >= 4 is 5.69 Å². The normalized spacial score (nSPS) is 14.7. The van der Waals surface area contributed by atoms with Gasteiger partial charge in [0.05, 0.1) is 17.1 Å². The van der Waals surface area contributed by atoms with Crippen LogP contribution in [0.4, 0.5) is 5.69 Å². The van der Waals surface area contributed by atoms with Crippen LogP contribution in [0.25, 0.3) is 0 Å². The molecule has 0 radical (unpaired) electrons. The molecule has 1 fully saturated rings. The van der Waals surface area contributed by atoms with Crippen LogP contribution in [0.3, 0.4) is 0 Å². The minimum absolute atomic E-state index is 0.400. The summed E-state index contributed by atoms with van der Waals surface area (Å²) < 4.78 is 2.10. The largest absolute Gasteiger partial charge is 0.378 e. The van der Waals surface area contributed by atoms with Crippen molar-refractivity contribution in [2.75, 3.05) is 5.32 Å². The Morgan fingerprint density at radius 2 is 2.05 bits per heavy atom. The second-order valence-corrected chi connectivity index (χ2v) is 6.46. The second kappa shape index (κ2) is 5.55. The van der Waals surface area contributed by atoms with E-state index in [-0.39, 0.29) is 0 Å². The Bertz CT molecular complexity index is 636. The lowest BCUT2D eigenvalue weighted by molar-refractivity contribution is 0.516. The van der Waals surface area contributed by atoms with E-state index >= 15 is 0 Å². The Morgan fingerprint density at radius 1 is 1.29 bits per heavy atom. The van der Waals surface area contributed by atoms with Gasteiger partial charge in [-0.25, -0.2) is 0 Å². The number of hydrogen-bond donors (Lipinski definition) is 1. The SMILES string of the molecule is Cc1nn(C(C)C)c(C)c1NCc1cccc(C2CC2)c1. The fraction of sp³-hybridized carbons (Fsp3) is 0.500. The maximum Gasteiger partial charge on any atom is 0.0828 e. The first-order chi connectivity index (χ1) is 10.1. The third-order valence-corrected chi connectivity index (χ3v) is 4.28. The summed E-state index contributed by atoms with van der Waals surface area (Å²) in [6, 6.07) is 9.40. The maximum absolute atomic E-state index is 4.63.